The fourth-order valence-electron chi connectivity index (χ4n) is 4.51. The molecule has 0 atom stereocenters. The number of anilines is 2. The predicted molar refractivity (Wildman–Crippen MR) is 110 cm³/mol. The highest BCUT2D eigenvalue weighted by molar-refractivity contribution is 5.86. The van der Waals surface area contributed by atoms with E-state index in [-0.39, 0.29) is 17.6 Å². The van der Waals surface area contributed by atoms with E-state index in [9.17, 15) is 18.0 Å². The van der Waals surface area contributed by atoms with Crippen LogP contribution in [0.4, 0.5) is 24.5 Å². The van der Waals surface area contributed by atoms with Crippen molar-refractivity contribution >= 4 is 17.3 Å². The first-order chi connectivity index (χ1) is 14.8. The highest BCUT2D eigenvalue weighted by Crippen LogP contribution is 2.49. The molecule has 8 heteroatoms. The summed E-state index contributed by atoms with van der Waals surface area (Å²) in [4.78, 5) is 13.7. The van der Waals surface area contributed by atoms with Crippen LogP contribution in [0.3, 0.4) is 0 Å². The molecule has 0 bridgehead atoms. The SMILES string of the molecule is COC(=O)C1CN(c2cccc(-c3cc(C(F)(F)F)cc4c3NCC3(CCC3)O4)c2)C1. The van der Waals surface area contributed by atoms with Crippen LogP contribution in [0.1, 0.15) is 24.8 Å². The number of rotatable bonds is 3. The van der Waals surface area contributed by atoms with E-state index in [4.69, 9.17) is 9.47 Å². The maximum Gasteiger partial charge on any atom is 0.416 e. The number of esters is 1. The molecule has 2 fully saturated rings. The van der Waals surface area contributed by atoms with Gasteiger partial charge in [-0.25, -0.2) is 0 Å². The van der Waals surface area contributed by atoms with Gasteiger partial charge in [0.2, 0.25) is 0 Å². The van der Waals surface area contributed by atoms with Gasteiger partial charge in [-0.3, -0.25) is 4.79 Å². The van der Waals surface area contributed by atoms with E-state index in [1.807, 2.05) is 23.1 Å². The lowest BCUT2D eigenvalue weighted by molar-refractivity contribution is -0.146. The van der Waals surface area contributed by atoms with Gasteiger partial charge in [0.05, 0.1) is 30.8 Å². The predicted octanol–water partition coefficient (Wildman–Crippen LogP) is 4.71. The van der Waals surface area contributed by atoms with E-state index >= 15 is 0 Å². The zero-order valence-corrected chi connectivity index (χ0v) is 17.1. The molecular weight excluding hydrogens is 409 g/mol. The summed E-state index contributed by atoms with van der Waals surface area (Å²) >= 11 is 0. The van der Waals surface area contributed by atoms with Crippen molar-refractivity contribution in [2.45, 2.75) is 31.0 Å². The summed E-state index contributed by atoms with van der Waals surface area (Å²) in [5, 5.41) is 3.34. The van der Waals surface area contributed by atoms with Crippen molar-refractivity contribution < 1.29 is 27.4 Å². The van der Waals surface area contributed by atoms with Crippen molar-refractivity contribution in [3.63, 3.8) is 0 Å². The van der Waals surface area contributed by atoms with Crippen molar-refractivity contribution in [2.24, 2.45) is 5.92 Å². The van der Waals surface area contributed by atoms with Gasteiger partial charge in [0.25, 0.3) is 0 Å². The van der Waals surface area contributed by atoms with Gasteiger partial charge in [0.15, 0.2) is 0 Å². The van der Waals surface area contributed by atoms with Crippen molar-refractivity contribution in [3.8, 4) is 16.9 Å². The Morgan fingerprint density at radius 1 is 1.23 bits per heavy atom. The van der Waals surface area contributed by atoms with Gasteiger partial charge in [-0.15, -0.1) is 0 Å². The van der Waals surface area contributed by atoms with E-state index in [1.54, 1.807) is 6.07 Å². The summed E-state index contributed by atoms with van der Waals surface area (Å²) in [7, 11) is 1.37. The molecule has 2 aromatic carbocycles. The summed E-state index contributed by atoms with van der Waals surface area (Å²) in [6.07, 6.45) is -1.76. The number of carbonyl (C=O) groups excluding carboxylic acids is 1. The van der Waals surface area contributed by atoms with Crippen molar-refractivity contribution in [1.82, 2.24) is 0 Å². The van der Waals surface area contributed by atoms with Crippen LogP contribution in [-0.4, -0.2) is 38.3 Å². The lowest BCUT2D eigenvalue weighted by Gasteiger charge is -2.46. The molecule has 0 amide bonds. The van der Waals surface area contributed by atoms with Crippen LogP contribution in [0.25, 0.3) is 11.1 Å². The first kappa shape index (κ1) is 20.0. The Morgan fingerprint density at radius 3 is 2.65 bits per heavy atom. The van der Waals surface area contributed by atoms with E-state index in [2.05, 4.69) is 5.32 Å². The minimum absolute atomic E-state index is 0.177. The van der Waals surface area contributed by atoms with E-state index in [1.165, 1.54) is 13.2 Å². The molecule has 2 heterocycles. The summed E-state index contributed by atoms with van der Waals surface area (Å²) in [5.41, 5.74) is 1.47. The highest BCUT2D eigenvalue weighted by atomic mass is 19.4. The summed E-state index contributed by atoms with van der Waals surface area (Å²) in [6, 6.07) is 9.65. The lowest BCUT2D eigenvalue weighted by Crippen LogP contribution is -2.51. The zero-order valence-electron chi connectivity index (χ0n) is 17.1. The third kappa shape index (κ3) is 3.47. The van der Waals surface area contributed by atoms with E-state index in [0.717, 1.165) is 31.0 Å². The quantitative estimate of drug-likeness (QED) is 0.712. The number of benzene rings is 2. The molecule has 1 saturated heterocycles. The third-order valence-electron chi connectivity index (χ3n) is 6.55. The molecule has 5 rings (SSSR count). The monoisotopic (exact) mass is 432 g/mol. The zero-order chi connectivity index (χ0) is 21.8. The fourth-order valence-corrected chi connectivity index (χ4v) is 4.51. The minimum Gasteiger partial charge on any atom is -0.483 e. The number of halogens is 3. The van der Waals surface area contributed by atoms with E-state index < -0.39 is 17.3 Å². The van der Waals surface area contributed by atoms with Gasteiger partial charge in [-0.05, 0) is 49.1 Å². The molecule has 0 aromatic heterocycles. The molecule has 0 unspecified atom stereocenters. The maximum atomic E-state index is 13.6. The second-order valence-corrected chi connectivity index (χ2v) is 8.56. The number of methoxy groups -OCH3 is 1. The fraction of sp³-hybridized carbons (Fsp3) is 0.435. The lowest BCUT2D eigenvalue weighted by atomic mass is 9.79. The van der Waals surface area contributed by atoms with Gasteiger partial charge in [0.1, 0.15) is 11.4 Å². The first-order valence-electron chi connectivity index (χ1n) is 10.4. The van der Waals surface area contributed by atoms with Crippen LogP contribution >= 0.6 is 0 Å². The summed E-state index contributed by atoms with van der Waals surface area (Å²) in [5.74, 6) is -0.162. The number of ether oxygens (including phenoxy) is 2. The summed E-state index contributed by atoms with van der Waals surface area (Å²) < 4.78 is 51.8. The Labute approximate surface area is 178 Å². The van der Waals surface area contributed by atoms with Crippen LogP contribution in [0.2, 0.25) is 0 Å². The van der Waals surface area contributed by atoms with Crippen LogP contribution in [0.5, 0.6) is 5.75 Å². The number of alkyl halides is 3. The van der Waals surface area contributed by atoms with E-state index in [0.29, 0.717) is 36.4 Å². The second-order valence-electron chi connectivity index (χ2n) is 8.56. The Kier molecular flexibility index (Phi) is 4.57. The normalized spacial score (nSPS) is 19.5. The van der Waals surface area contributed by atoms with Gasteiger partial charge >= 0.3 is 12.1 Å². The Balaban J connectivity index is 1.50. The third-order valence-corrected chi connectivity index (χ3v) is 6.55. The largest absolute Gasteiger partial charge is 0.483 e. The van der Waals surface area contributed by atoms with Crippen LogP contribution < -0.4 is 15.0 Å². The molecule has 3 aliphatic rings. The molecule has 2 aromatic rings. The molecular formula is C23H23F3N2O3. The second kappa shape index (κ2) is 7.07. The standard InChI is InChI=1S/C23H23F3N2O3/c1-30-21(29)15-11-28(12-15)17-5-2-4-14(8-17)18-9-16(23(24,25)26)10-19-20(18)27-13-22(31-19)6-3-7-22/h2,4-5,8-10,15,27H,3,6-7,11-13H2,1H3. The Morgan fingerprint density at radius 2 is 2.00 bits per heavy atom. The topological polar surface area (TPSA) is 50.8 Å². The number of carbonyl (C=O) groups is 1. The molecule has 164 valence electrons. The first-order valence-corrected chi connectivity index (χ1v) is 10.4. The molecule has 2 aliphatic heterocycles. The van der Waals surface area contributed by atoms with Gasteiger partial charge in [0, 0.05) is 24.3 Å². The van der Waals surface area contributed by atoms with Gasteiger partial charge < -0.3 is 19.7 Å². The summed E-state index contributed by atoms with van der Waals surface area (Å²) in [6.45, 7) is 1.65. The number of hydrogen-bond acceptors (Lipinski definition) is 5. The van der Waals surface area contributed by atoms with Crippen LogP contribution in [0, 0.1) is 5.92 Å². The molecule has 1 aliphatic carbocycles. The molecule has 5 nitrogen and oxygen atoms in total. The van der Waals surface area contributed by atoms with Crippen molar-refractivity contribution in [2.75, 3.05) is 37.0 Å². The molecule has 31 heavy (non-hydrogen) atoms. The average molecular weight is 432 g/mol. The number of fused-ring (bicyclic) bond motifs is 1. The number of hydrogen-bond donors (Lipinski definition) is 1. The smallest absolute Gasteiger partial charge is 0.416 e. The number of nitrogens with zero attached hydrogens (tertiary/aromatic N) is 1. The molecule has 0 radical (unpaired) electrons. The highest BCUT2D eigenvalue weighted by Gasteiger charge is 2.44. The van der Waals surface area contributed by atoms with Gasteiger partial charge in [-0.1, -0.05) is 12.1 Å². The van der Waals surface area contributed by atoms with Crippen molar-refractivity contribution in [1.29, 1.82) is 0 Å². The molecule has 1 spiro atoms. The number of nitrogens with one attached hydrogen (secondary N) is 1. The maximum absolute atomic E-state index is 13.6. The van der Waals surface area contributed by atoms with Crippen LogP contribution in [0.15, 0.2) is 36.4 Å². The van der Waals surface area contributed by atoms with Gasteiger partial charge in [-0.2, -0.15) is 13.2 Å². The van der Waals surface area contributed by atoms with Crippen molar-refractivity contribution in [3.05, 3.63) is 42.0 Å². The van der Waals surface area contributed by atoms with Crippen LogP contribution in [-0.2, 0) is 15.7 Å². The Bertz CT molecular complexity index is 1030. The Hall–Kier alpha value is -2.90. The average Bonchev–Trinajstić information content (AvgIpc) is 2.69. The molecule has 1 saturated carbocycles. The minimum atomic E-state index is -4.47. The molecule has 1 N–H and O–H groups in total.